The molecule has 0 aromatic heterocycles. The van der Waals surface area contributed by atoms with Crippen LogP contribution in [0, 0.1) is 11.8 Å². The van der Waals surface area contributed by atoms with Crippen molar-refractivity contribution in [3.8, 4) is 0 Å². The maximum Gasteiger partial charge on any atom is 0.0474 e. The number of aliphatic hydroxyl groups is 1. The fourth-order valence-electron chi connectivity index (χ4n) is 4.11. The van der Waals surface area contributed by atoms with Crippen molar-refractivity contribution >= 4 is 0 Å². The van der Waals surface area contributed by atoms with Crippen LogP contribution in [0.5, 0.6) is 0 Å². The van der Waals surface area contributed by atoms with Gasteiger partial charge in [-0.05, 0) is 70.5 Å². The molecule has 3 atom stereocenters. The first-order chi connectivity index (χ1) is 9.74. The zero-order valence-electron chi connectivity index (χ0n) is 13.5. The van der Waals surface area contributed by atoms with Crippen molar-refractivity contribution in [2.75, 3.05) is 26.2 Å². The van der Waals surface area contributed by atoms with Crippen LogP contribution in [0.2, 0.25) is 0 Å². The Morgan fingerprint density at radius 2 is 1.85 bits per heavy atom. The van der Waals surface area contributed by atoms with Gasteiger partial charge in [0.2, 0.25) is 0 Å². The van der Waals surface area contributed by atoms with Gasteiger partial charge >= 0.3 is 0 Å². The van der Waals surface area contributed by atoms with Crippen LogP contribution in [0.15, 0.2) is 0 Å². The summed E-state index contributed by atoms with van der Waals surface area (Å²) in [5.74, 6) is 1.32. The Bertz CT molecular complexity index is 264. The molecule has 3 unspecified atom stereocenters. The van der Waals surface area contributed by atoms with E-state index in [9.17, 15) is 5.11 Å². The lowest BCUT2D eigenvalue weighted by Gasteiger charge is -2.39. The first-order valence-electron chi connectivity index (χ1n) is 8.83. The van der Waals surface area contributed by atoms with Gasteiger partial charge < -0.3 is 15.3 Å². The molecule has 1 heterocycles. The van der Waals surface area contributed by atoms with E-state index in [1.54, 1.807) is 0 Å². The first kappa shape index (κ1) is 16.3. The number of piperidine rings is 1. The third-order valence-corrected chi connectivity index (χ3v) is 5.50. The third kappa shape index (κ3) is 4.44. The molecule has 2 aliphatic rings. The standard InChI is InChI=1S/C17H34N2O/c1-3-10-19-11-8-15(9-12-19)14(2)18-17-7-5-4-6-16(17)13-20/h14-18,20H,3-13H2,1-2H3. The van der Waals surface area contributed by atoms with Crippen LogP contribution in [-0.2, 0) is 0 Å². The molecule has 3 nitrogen and oxygen atoms in total. The van der Waals surface area contributed by atoms with E-state index in [4.69, 9.17) is 0 Å². The highest BCUT2D eigenvalue weighted by Gasteiger charge is 2.29. The van der Waals surface area contributed by atoms with Crippen LogP contribution in [-0.4, -0.2) is 48.3 Å². The number of rotatable bonds is 6. The van der Waals surface area contributed by atoms with Gasteiger partial charge in [0.15, 0.2) is 0 Å². The highest BCUT2D eigenvalue weighted by atomic mass is 16.3. The van der Waals surface area contributed by atoms with Gasteiger partial charge in [-0.2, -0.15) is 0 Å². The first-order valence-corrected chi connectivity index (χ1v) is 8.83. The molecule has 1 aliphatic heterocycles. The molecule has 2 rings (SSSR count). The van der Waals surface area contributed by atoms with Crippen molar-refractivity contribution in [2.24, 2.45) is 11.8 Å². The SMILES string of the molecule is CCCN1CCC(C(C)NC2CCCCC2CO)CC1. The molecule has 118 valence electrons. The molecular formula is C17H34N2O. The average molecular weight is 282 g/mol. The Labute approximate surface area is 125 Å². The van der Waals surface area contributed by atoms with E-state index in [1.807, 2.05) is 0 Å². The van der Waals surface area contributed by atoms with Crippen molar-refractivity contribution in [3.05, 3.63) is 0 Å². The van der Waals surface area contributed by atoms with E-state index in [0.717, 1.165) is 5.92 Å². The molecule has 0 aromatic rings. The van der Waals surface area contributed by atoms with Crippen LogP contribution >= 0.6 is 0 Å². The number of nitrogens with one attached hydrogen (secondary N) is 1. The van der Waals surface area contributed by atoms with E-state index >= 15 is 0 Å². The molecule has 0 bridgehead atoms. The van der Waals surface area contributed by atoms with Crippen LogP contribution in [0.25, 0.3) is 0 Å². The summed E-state index contributed by atoms with van der Waals surface area (Å²) < 4.78 is 0. The lowest BCUT2D eigenvalue weighted by atomic mass is 9.83. The molecule has 2 N–H and O–H groups in total. The molecular weight excluding hydrogens is 248 g/mol. The molecule has 3 heteroatoms. The smallest absolute Gasteiger partial charge is 0.0474 e. The van der Waals surface area contributed by atoms with Crippen LogP contribution < -0.4 is 5.32 Å². The van der Waals surface area contributed by atoms with Gasteiger partial charge in [0.25, 0.3) is 0 Å². The lowest BCUT2D eigenvalue weighted by Crippen LogP contribution is -2.49. The quantitative estimate of drug-likeness (QED) is 0.786. The minimum Gasteiger partial charge on any atom is -0.396 e. The zero-order chi connectivity index (χ0) is 14.4. The maximum absolute atomic E-state index is 9.53. The second-order valence-electron chi connectivity index (χ2n) is 6.97. The average Bonchev–Trinajstić information content (AvgIpc) is 2.49. The highest BCUT2D eigenvalue weighted by Crippen LogP contribution is 2.27. The van der Waals surface area contributed by atoms with Crippen molar-refractivity contribution in [1.29, 1.82) is 0 Å². The monoisotopic (exact) mass is 282 g/mol. The number of likely N-dealkylation sites (tertiary alicyclic amines) is 1. The molecule has 0 aromatic carbocycles. The molecule has 0 spiro atoms. The Morgan fingerprint density at radius 3 is 2.50 bits per heavy atom. The minimum atomic E-state index is 0.360. The van der Waals surface area contributed by atoms with E-state index < -0.39 is 0 Å². The second kappa shape index (κ2) is 8.35. The summed E-state index contributed by atoms with van der Waals surface area (Å²) >= 11 is 0. The Hall–Kier alpha value is -0.120. The maximum atomic E-state index is 9.53. The summed E-state index contributed by atoms with van der Waals surface area (Å²) in [5.41, 5.74) is 0. The highest BCUT2D eigenvalue weighted by molar-refractivity contribution is 4.86. The molecule has 20 heavy (non-hydrogen) atoms. The van der Waals surface area contributed by atoms with Crippen LogP contribution in [0.4, 0.5) is 0 Å². The predicted octanol–water partition coefficient (Wildman–Crippen LogP) is 2.64. The molecule has 2 fully saturated rings. The fraction of sp³-hybridized carbons (Fsp3) is 1.00. The van der Waals surface area contributed by atoms with Crippen molar-refractivity contribution in [2.45, 2.75) is 70.9 Å². The zero-order valence-corrected chi connectivity index (χ0v) is 13.5. The van der Waals surface area contributed by atoms with Crippen LogP contribution in [0.1, 0.15) is 58.8 Å². The van der Waals surface area contributed by atoms with Gasteiger partial charge in [-0.1, -0.05) is 19.8 Å². The van der Waals surface area contributed by atoms with Crippen molar-refractivity contribution in [1.82, 2.24) is 10.2 Å². The summed E-state index contributed by atoms with van der Waals surface area (Å²) in [6, 6.07) is 1.16. The number of aliphatic hydroxyl groups excluding tert-OH is 1. The normalized spacial score (nSPS) is 31.4. The fourth-order valence-corrected chi connectivity index (χ4v) is 4.11. The van der Waals surface area contributed by atoms with Crippen LogP contribution in [0.3, 0.4) is 0 Å². The van der Waals surface area contributed by atoms with E-state index in [0.29, 0.717) is 24.6 Å². The largest absolute Gasteiger partial charge is 0.396 e. The molecule has 1 saturated carbocycles. The number of hydrogen-bond donors (Lipinski definition) is 2. The number of nitrogens with zero attached hydrogens (tertiary/aromatic N) is 1. The Morgan fingerprint density at radius 1 is 1.15 bits per heavy atom. The number of hydrogen-bond acceptors (Lipinski definition) is 3. The summed E-state index contributed by atoms with van der Waals surface area (Å²) in [7, 11) is 0. The van der Waals surface area contributed by atoms with Gasteiger partial charge in [-0.25, -0.2) is 0 Å². The van der Waals surface area contributed by atoms with Gasteiger partial charge in [0, 0.05) is 18.7 Å². The molecule has 0 amide bonds. The topological polar surface area (TPSA) is 35.5 Å². The van der Waals surface area contributed by atoms with E-state index in [2.05, 4.69) is 24.1 Å². The molecule has 1 aliphatic carbocycles. The summed E-state index contributed by atoms with van der Waals surface area (Å²) in [6.45, 7) is 8.82. The molecule has 0 radical (unpaired) electrons. The Balaban J connectivity index is 1.75. The second-order valence-corrected chi connectivity index (χ2v) is 6.97. The summed E-state index contributed by atoms with van der Waals surface area (Å²) in [6.07, 6.45) is 9.04. The van der Waals surface area contributed by atoms with E-state index in [-0.39, 0.29) is 0 Å². The van der Waals surface area contributed by atoms with Crippen molar-refractivity contribution in [3.63, 3.8) is 0 Å². The Kier molecular flexibility index (Phi) is 6.79. The van der Waals surface area contributed by atoms with Gasteiger partial charge in [-0.3, -0.25) is 0 Å². The lowest BCUT2D eigenvalue weighted by molar-refractivity contribution is 0.120. The van der Waals surface area contributed by atoms with Gasteiger partial charge in [0.05, 0.1) is 0 Å². The van der Waals surface area contributed by atoms with Gasteiger partial charge in [0.1, 0.15) is 0 Å². The summed E-state index contributed by atoms with van der Waals surface area (Å²) in [4.78, 5) is 2.61. The summed E-state index contributed by atoms with van der Waals surface area (Å²) in [5, 5.41) is 13.4. The van der Waals surface area contributed by atoms with E-state index in [1.165, 1.54) is 64.6 Å². The molecule has 1 saturated heterocycles. The predicted molar refractivity (Wildman–Crippen MR) is 84.9 cm³/mol. The third-order valence-electron chi connectivity index (χ3n) is 5.50. The van der Waals surface area contributed by atoms with Crippen molar-refractivity contribution < 1.29 is 5.11 Å². The minimum absolute atomic E-state index is 0.360. The van der Waals surface area contributed by atoms with Gasteiger partial charge in [-0.15, -0.1) is 0 Å².